The van der Waals surface area contributed by atoms with Crippen molar-refractivity contribution in [2.24, 2.45) is 5.11 Å². The number of azide groups is 1. The molecule has 0 saturated carbocycles. The molecule has 0 fully saturated rings. The molecule has 0 amide bonds. The molecule has 90 valence electrons. The Labute approximate surface area is 91.5 Å². The molecule has 0 aromatic heterocycles. The van der Waals surface area contributed by atoms with Gasteiger partial charge in [-0.25, -0.2) is 0 Å². The minimum absolute atomic E-state index is 0.460. The number of aliphatic hydroxyl groups excluding tert-OH is 1. The molecule has 0 rings (SSSR count). The molecular formula is C8H13N3O5. The summed E-state index contributed by atoms with van der Waals surface area (Å²) < 4.78 is 4.31. The number of carbonyl (C=O) groups excluding carboxylic acids is 2. The average Bonchev–Trinajstić information content (AvgIpc) is 2.23. The quantitative estimate of drug-likeness (QED) is 0.276. The Morgan fingerprint density at radius 1 is 1.62 bits per heavy atom. The second kappa shape index (κ2) is 6.06. The number of esters is 1. The minimum Gasteiger partial charge on any atom is -0.469 e. The number of rotatable bonds is 6. The minimum atomic E-state index is -2.13. The number of methoxy groups -OCH3 is 1. The first-order chi connectivity index (χ1) is 7.41. The Morgan fingerprint density at radius 2 is 2.19 bits per heavy atom. The number of Topliss-reactive ketones (excluding diaryl/α,β-unsaturated/α-hetero) is 1. The molecular weight excluding hydrogens is 218 g/mol. The molecule has 16 heavy (non-hydrogen) atoms. The van der Waals surface area contributed by atoms with E-state index in [0.29, 0.717) is 0 Å². The summed E-state index contributed by atoms with van der Waals surface area (Å²) in [6.45, 7) is 0.274. The average molecular weight is 231 g/mol. The molecule has 8 heteroatoms. The first-order valence-corrected chi connectivity index (χ1v) is 4.36. The van der Waals surface area contributed by atoms with Gasteiger partial charge < -0.3 is 14.9 Å². The Kier molecular flexibility index (Phi) is 5.44. The van der Waals surface area contributed by atoms with Gasteiger partial charge in [0.15, 0.2) is 6.04 Å². The number of nitrogens with zero attached hydrogens (tertiary/aromatic N) is 3. The zero-order valence-electron chi connectivity index (χ0n) is 8.95. The van der Waals surface area contributed by atoms with Crippen molar-refractivity contribution in [1.82, 2.24) is 0 Å². The van der Waals surface area contributed by atoms with Crippen molar-refractivity contribution < 1.29 is 24.5 Å². The summed E-state index contributed by atoms with van der Waals surface area (Å²) in [4.78, 5) is 24.5. The van der Waals surface area contributed by atoms with E-state index in [1.807, 2.05) is 0 Å². The van der Waals surface area contributed by atoms with Crippen molar-refractivity contribution in [1.29, 1.82) is 0 Å². The normalized spacial score (nSPS) is 15.5. The molecule has 0 bridgehead atoms. The molecule has 2 atom stereocenters. The van der Waals surface area contributed by atoms with Crippen molar-refractivity contribution in [2.75, 3.05) is 13.7 Å². The SMILES string of the molecule is COC(=O)C(N=[N+]=[N-])C(O)(CO)CC(C)=O. The van der Waals surface area contributed by atoms with Gasteiger partial charge in [-0.3, -0.25) is 9.59 Å². The molecule has 0 aliphatic heterocycles. The van der Waals surface area contributed by atoms with Crippen LogP contribution >= 0.6 is 0 Å². The van der Waals surface area contributed by atoms with Gasteiger partial charge in [-0.2, -0.15) is 0 Å². The first-order valence-electron chi connectivity index (χ1n) is 4.36. The largest absolute Gasteiger partial charge is 0.469 e. The molecule has 0 heterocycles. The van der Waals surface area contributed by atoms with Crippen LogP contribution in [0.1, 0.15) is 13.3 Å². The third-order valence-electron chi connectivity index (χ3n) is 1.93. The van der Waals surface area contributed by atoms with E-state index >= 15 is 0 Å². The van der Waals surface area contributed by atoms with Crippen LogP contribution in [-0.4, -0.2) is 47.3 Å². The lowest BCUT2D eigenvalue weighted by Gasteiger charge is -2.28. The number of aliphatic hydroxyl groups is 2. The zero-order valence-corrected chi connectivity index (χ0v) is 8.95. The predicted molar refractivity (Wildman–Crippen MR) is 52.3 cm³/mol. The molecule has 0 aromatic carbocycles. The van der Waals surface area contributed by atoms with E-state index in [4.69, 9.17) is 10.6 Å². The Morgan fingerprint density at radius 3 is 2.50 bits per heavy atom. The maximum Gasteiger partial charge on any atom is 0.317 e. The number of hydrogen-bond acceptors (Lipinski definition) is 6. The molecule has 0 spiro atoms. The van der Waals surface area contributed by atoms with Crippen LogP contribution in [0.4, 0.5) is 0 Å². The molecule has 0 aromatic rings. The van der Waals surface area contributed by atoms with E-state index in [9.17, 15) is 14.7 Å². The highest BCUT2D eigenvalue weighted by molar-refractivity contribution is 5.81. The van der Waals surface area contributed by atoms with Gasteiger partial charge in [-0.15, -0.1) is 0 Å². The second-order valence-corrected chi connectivity index (χ2v) is 3.27. The second-order valence-electron chi connectivity index (χ2n) is 3.27. The van der Waals surface area contributed by atoms with Crippen molar-refractivity contribution in [3.63, 3.8) is 0 Å². The number of ketones is 1. The number of carbonyl (C=O) groups is 2. The molecule has 0 radical (unpaired) electrons. The van der Waals surface area contributed by atoms with Crippen LogP contribution in [0.25, 0.3) is 10.4 Å². The van der Waals surface area contributed by atoms with Gasteiger partial charge in [0.1, 0.15) is 11.4 Å². The van der Waals surface area contributed by atoms with Crippen molar-refractivity contribution in [2.45, 2.75) is 25.0 Å². The fraction of sp³-hybridized carbons (Fsp3) is 0.750. The highest BCUT2D eigenvalue weighted by Gasteiger charge is 2.42. The van der Waals surface area contributed by atoms with Crippen LogP contribution in [0.15, 0.2) is 5.11 Å². The maximum atomic E-state index is 11.2. The zero-order chi connectivity index (χ0) is 12.8. The number of hydrogen-bond donors (Lipinski definition) is 2. The van der Waals surface area contributed by atoms with Crippen LogP contribution in [0.2, 0.25) is 0 Å². The monoisotopic (exact) mass is 231 g/mol. The van der Waals surface area contributed by atoms with E-state index in [2.05, 4.69) is 14.8 Å². The summed E-state index contributed by atoms with van der Waals surface area (Å²) in [6.07, 6.45) is -0.512. The smallest absolute Gasteiger partial charge is 0.317 e. The van der Waals surface area contributed by atoms with Crippen LogP contribution in [0.3, 0.4) is 0 Å². The lowest BCUT2D eigenvalue weighted by molar-refractivity contribution is -0.152. The fourth-order valence-corrected chi connectivity index (χ4v) is 1.21. The lowest BCUT2D eigenvalue weighted by atomic mass is 9.90. The topological polar surface area (TPSA) is 133 Å². The Hall–Kier alpha value is -1.63. The third kappa shape index (κ3) is 3.50. The highest BCUT2D eigenvalue weighted by Crippen LogP contribution is 2.20. The van der Waals surface area contributed by atoms with Gasteiger partial charge >= 0.3 is 5.97 Å². The maximum absolute atomic E-state index is 11.2. The van der Waals surface area contributed by atoms with Crippen LogP contribution < -0.4 is 0 Å². The van der Waals surface area contributed by atoms with E-state index in [-0.39, 0.29) is 0 Å². The standard InChI is InChI=1S/C8H13N3O5/c1-5(13)3-8(15,4-12)6(10-11-9)7(14)16-2/h6,12,15H,3-4H2,1-2H3. The molecule has 2 N–H and O–H groups in total. The number of ether oxygens (including phenoxy) is 1. The van der Waals surface area contributed by atoms with Crippen LogP contribution in [0, 0.1) is 0 Å². The fourth-order valence-electron chi connectivity index (χ4n) is 1.21. The van der Waals surface area contributed by atoms with Crippen LogP contribution in [-0.2, 0) is 14.3 Å². The predicted octanol–water partition coefficient (Wildman–Crippen LogP) is -0.459. The van der Waals surface area contributed by atoms with Crippen LogP contribution in [0.5, 0.6) is 0 Å². The van der Waals surface area contributed by atoms with Crippen molar-refractivity contribution in [3.8, 4) is 0 Å². The van der Waals surface area contributed by atoms with Gasteiger partial charge in [-0.1, -0.05) is 5.11 Å². The summed E-state index contributed by atoms with van der Waals surface area (Å²) in [5, 5.41) is 21.9. The summed E-state index contributed by atoms with van der Waals surface area (Å²) in [5.74, 6) is -1.48. The Bertz CT molecular complexity index is 326. The lowest BCUT2D eigenvalue weighted by Crippen LogP contribution is -2.50. The van der Waals surface area contributed by atoms with E-state index in [1.54, 1.807) is 0 Å². The van der Waals surface area contributed by atoms with Gasteiger partial charge in [0, 0.05) is 11.3 Å². The molecule has 0 saturated heterocycles. The molecule has 0 aliphatic carbocycles. The van der Waals surface area contributed by atoms with Gasteiger partial charge in [0.05, 0.1) is 13.7 Å². The van der Waals surface area contributed by atoms with Gasteiger partial charge in [0.25, 0.3) is 0 Å². The Balaban J connectivity index is 5.18. The summed E-state index contributed by atoms with van der Waals surface area (Å²) in [7, 11) is 1.04. The summed E-state index contributed by atoms with van der Waals surface area (Å²) in [6, 6.07) is -1.66. The summed E-state index contributed by atoms with van der Waals surface area (Å²) >= 11 is 0. The van der Waals surface area contributed by atoms with Crippen molar-refractivity contribution >= 4 is 11.8 Å². The van der Waals surface area contributed by atoms with Gasteiger partial charge in [-0.05, 0) is 12.5 Å². The third-order valence-corrected chi connectivity index (χ3v) is 1.93. The molecule has 8 nitrogen and oxygen atoms in total. The van der Waals surface area contributed by atoms with Crippen molar-refractivity contribution in [3.05, 3.63) is 10.4 Å². The van der Waals surface area contributed by atoms with E-state index < -0.39 is 36.4 Å². The summed E-state index contributed by atoms with van der Waals surface area (Å²) in [5.41, 5.74) is 6.11. The van der Waals surface area contributed by atoms with E-state index in [1.165, 1.54) is 6.92 Å². The first kappa shape index (κ1) is 14.4. The molecule has 0 aliphatic rings. The van der Waals surface area contributed by atoms with E-state index in [0.717, 1.165) is 7.11 Å². The van der Waals surface area contributed by atoms with Gasteiger partial charge in [0.2, 0.25) is 0 Å². The highest BCUT2D eigenvalue weighted by atomic mass is 16.5. The molecule has 2 unspecified atom stereocenters.